The standard InChI is InChI=1S/C17H21NO3S/c1-12(2)14-6-8-15(9-7-14)18-22(19,20)17-11-13(3)5-10-16(17)21-4/h5-12,18H,1-4H3. The Morgan fingerprint density at radius 1 is 1.05 bits per heavy atom. The minimum Gasteiger partial charge on any atom is -0.495 e. The second kappa shape index (κ2) is 6.40. The maximum atomic E-state index is 12.6. The van der Waals surface area contributed by atoms with Crippen molar-refractivity contribution in [3.63, 3.8) is 0 Å². The number of aryl methyl sites for hydroxylation is 1. The highest BCUT2D eigenvalue weighted by atomic mass is 32.2. The van der Waals surface area contributed by atoms with Gasteiger partial charge in [-0.25, -0.2) is 8.42 Å². The molecular weight excluding hydrogens is 298 g/mol. The van der Waals surface area contributed by atoms with Gasteiger partial charge >= 0.3 is 0 Å². The summed E-state index contributed by atoms with van der Waals surface area (Å²) in [5.74, 6) is 0.736. The second-order valence-corrected chi connectivity index (χ2v) is 7.19. The monoisotopic (exact) mass is 319 g/mol. The van der Waals surface area contributed by atoms with Crippen molar-refractivity contribution in [2.45, 2.75) is 31.6 Å². The van der Waals surface area contributed by atoms with Crippen molar-refractivity contribution in [2.24, 2.45) is 0 Å². The van der Waals surface area contributed by atoms with E-state index >= 15 is 0 Å². The Labute approximate surface area is 132 Å². The van der Waals surface area contributed by atoms with Crippen LogP contribution in [0.2, 0.25) is 0 Å². The third kappa shape index (κ3) is 3.60. The zero-order valence-electron chi connectivity index (χ0n) is 13.3. The molecule has 5 heteroatoms. The van der Waals surface area contributed by atoms with Crippen LogP contribution in [0.15, 0.2) is 47.4 Å². The van der Waals surface area contributed by atoms with Crippen LogP contribution in [0.4, 0.5) is 5.69 Å². The van der Waals surface area contributed by atoms with Crippen molar-refractivity contribution in [3.8, 4) is 5.75 Å². The number of nitrogens with one attached hydrogen (secondary N) is 1. The van der Waals surface area contributed by atoms with Crippen molar-refractivity contribution in [1.82, 2.24) is 0 Å². The molecule has 0 amide bonds. The lowest BCUT2D eigenvalue weighted by atomic mass is 10.0. The van der Waals surface area contributed by atoms with E-state index in [2.05, 4.69) is 18.6 Å². The molecule has 0 fully saturated rings. The van der Waals surface area contributed by atoms with Crippen LogP contribution in [0.3, 0.4) is 0 Å². The van der Waals surface area contributed by atoms with E-state index in [9.17, 15) is 8.42 Å². The summed E-state index contributed by atoms with van der Waals surface area (Å²) in [7, 11) is -2.23. The molecule has 0 aromatic heterocycles. The van der Waals surface area contributed by atoms with Crippen LogP contribution >= 0.6 is 0 Å². The molecule has 0 saturated carbocycles. The molecule has 2 aromatic carbocycles. The summed E-state index contributed by atoms with van der Waals surface area (Å²) in [6.07, 6.45) is 0. The van der Waals surface area contributed by atoms with Gasteiger partial charge in [0.05, 0.1) is 7.11 Å². The van der Waals surface area contributed by atoms with Gasteiger partial charge in [0.15, 0.2) is 0 Å². The van der Waals surface area contributed by atoms with E-state index in [1.54, 1.807) is 24.3 Å². The van der Waals surface area contributed by atoms with Gasteiger partial charge in [-0.3, -0.25) is 4.72 Å². The van der Waals surface area contributed by atoms with Gasteiger partial charge in [-0.1, -0.05) is 32.0 Å². The Balaban J connectivity index is 2.33. The molecule has 0 saturated heterocycles. The fraction of sp³-hybridized carbons (Fsp3) is 0.294. The first-order valence-electron chi connectivity index (χ1n) is 7.11. The zero-order valence-corrected chi connectivity index (χ0v) is 14.1. The van der Waals surface area contributed by atoms with Gasteiger partial charge in [-0.15, -0.1) is 0 Å². The van der Waals surface area contributed by atoms with Crippen LogP contribution in [0.5, 0.6) is 5.75 Å². The van der Waals surface area contributed by atoms with Gasteiger partial charge in [0, 0.05) is 5.69 Å². The maximum Gasteiger partial charge on any atom is 0.265 e. The third-order valence-electron chi connectivity index (χ3n) is 3.44. The number of anilines is 1. The molecule has 0 heterocycles. The molecule has 0 atom stereocenters. The number of ether oxygens (including phenoxy) is 1. The van der Waals surface area contributed by atoms with Gasteiger partial charge in [0.2, 0.25) is 0 Å². The number of rotatable bonds is 5. The molecular formula is C17H21NO3S. The topological polar surface area (TPSA) is 55.4 Å². The summed E-state index contributed by atoms with van der Waals surface area (Å²) < 4.78 is 32.9. The Hall–Kier alpha value is -2.01. The molecule has 0 unspecified atom stereocenters. The van der Waals surface area contributed by atoms with E-state index < -0.39 is 10.0 Å². The molecule has 4 nitrogen and oxygen atoms in total. The van der Waals surface area contributed by atoms with Crippen LogP contribution in [0.25, 0.3) is 0 Å². The Kier molecular flexibility index (Phi) is 4.76. The fourth-order valence-electron chi connectivity index (χ4n) is 2.14. The average Bonchev–Trinajstić information content (AvgIpc) is 2.47. The van der Waals surface area contributed by atoms with Crippen molar-refractivity contribution >= 4 is 15.7 Å². The van der Waals surface area contributed by atoms with Gasteiger partial charge in [-0.2, -0.15) is 0 Å². The molecule has 0 aliphatic carbocycles. The van der Waals surface area contributed by atoms with Gasteiger partial charge in [0.25, 0.3) is 10.0 Å². The van der Waals surface area contributed by atoms with E-state index in [-0.39, 0.29) is 4.90 Å². The smallest absolute Gasteiger partial charge is 0.265 e. The van der Waals surface area contributed by atoms with E-state index in [0.717, 1.165) is 11.1 Å². The first-order valence-corrected chi connectivity index (χ1v) is 8.59. The number of sulfonamides is 1. The van der Waals surface area contributed by atoms with E-state index in [4.69, 9.17) is 4.74 Å². The molecule has 118 valence electrons. The highest BCUT2D eigenvalue weighted by Crippen LogP contribution is 2.27. The summed E-state index contributed by atoms with van der Waals surface area (Å²) in [6.45, 7) is 6.03. The number of benzene rings is 2. The first kappa shape index (κ1) is 16.4. The maximum absolute atomic E-state index is 12.6. The zero-order chi connectivity index (χ0) is 16.3. The molecule has 0 radical (unpaired) electrons. The number of hydrogen-bond acceptors (Lipinski definition) is 3. The lowest BCUT2D eigenvalue weighted by molar-refractivity contribution is 0.402. The van der Waals surface area contributed by atoms with Crippen LogP contribution in [-0.2, 0) is 10.0 Å². The predicted octanol–water partition coefficient (Wildman–Crippen LogP) is 3.93. The van der Waals surface area contributed by atoms with E-state index in [0.29, 0.717) is 17.4 Å². The van der Waals surface area contributed by atoms with Crippen LogP contribution in [-0.4, -0.2) is 15.5 Å². The average molecular weight is 319 g/mol. The summed E-state index contributed by atoms with van der Waals surface area (Å²) in [5.41, 5.74) is 2.56. The summed E-state index contributed by atoms with van der Waals surface area (Å²) in [4.78, 5) is 0.142. The molecule has 22 heavy (non-hydrogen) atoms. The van der Waals surface area contributed by atoms with Crippen LogP contribution in [0.1, 0.15) is 30.9 Å². The first-order chi connectivity index (χ1) is 10.3. The molecule has 0 bridgehead atoms. The van der Waals surface area contributed by atoms with Crippen LogP contribution in [0, 0.1) is 6.92 Å². The fourth-order valence-corrected chi connectivity index (χ4v) is 3.45. The Morgan fingerprint density at radius 2 is 1.68 bits per heavy atom. The molecule has 0 aliphatic rings. The van der Waals surface area contributed by atoms with Gasteiger partial charge in [0.1, 0.15) is 10.6 Å². The van der Waals surface area contributed by atoms with Crippen molar-refractivity contribution in [1.29, 1.82) is 0 Å². The SMILES string of the molecule is COc1ccc(C)cc1S(=O)(=O)Nc1ccc(C(C)C)cc1. The highest BCUT2D eigenvalue weighted by molar-refractivity contribution is 7.92. The van der Waals surface area contributed by atoms with E-state index in [1.165, 1.54) is 7.11 Å². The summed E-state index contributed by atoms with van der Waals surface area (Å²) in [6, 6.07) is 12.5. The van der Waals surface area contributed by atoms with E-state index in [1.807, 2.05) is 25.1 Å². The van der Waals surface area contributed by atoms with Crippen molar-refractivity contribution in [2.75, 3.05) is 11.8 Å². The largest absolute Gasteiger partial charge is 0.495 e. The lowest BCUT2D eigenvalue weighted by Crippen LogP contribution is -2.14. The molecule has 0 spiro atoms. The Bertz CT molecular complexity index is 750. The van der Waals surface area contributed by atoms with Gasteiger partial charge < -0.3 is 4.74 Å². The van der Waals surface area contributed by atoms with Gasteiger partial charge in [-0.05, 0) is 48.2 Å². The second-order valence-electron chi connectivity index (χ2n) is 5.54. The Morgan fingerprint density at radius 3 is 2.23 bits per heavy atom. The normalized spacial score (nSPS) is 11.5. The number of methoxy groups -OCH3 is 1. The molecule has 2 rings (SSSR count). The number of hydrogen-bond donors (Lipinski definition) is 1. The third-order valence-corrected chi connectivity index (χ3v) is 4.84. The minimum absolute atomic E-state index is 0.142. The predicted molar refractivity (Wildman–Crippen MR) is 89.1 cm³/mol. The minimum atomic E-state index is -3.69. The van der Waals surface area contributed by atoms with Crippen molar-refractivity contribution in [3.05, 3.63) is 53.6 Å². The summed E-state index contributed by atoms with van der Waals surface area (Å²) >= 11 is 0. The molecule has 2 aromatic rings. The molecule has 1 N–H and O–H groups in total. The van der Waals surface area contributed by atoms with Crippen molar-refractivity contribution < 1.29 is 13.2 Å². The molecule has 0 aliphatic heterocycles. The van der Waals surface area contributed by atoms with Crippen LogP contribution < -0.4 is 9.46 Å². The summed E-state index contributed by atoms with van der Waals surface area (Å²) in [5, 5.41) is 0. The lowest BCUT2D eigenvalue weighted by Gasteiger charge is -2.13. The highest BCUT2D eigenvalue weighted by Gasteiger charge is 2.19. The quantitative estimate of drug-likeness (QED) is 0.908.